The number of ether oxygens (including phenoxy) is 1. The average molecular weight is 372 g/mol. The molecule has 0 atom stereocenters. The van der Waals surface area contributed by atoms with Gasteiger partial charge in [0.1, 0.15) is 17.3 Å². The highest BCUT2D eigenvalue weighted by Gasteiger charge is 2.16. The molecule has 0 saturated carbocycles. The first-order chi connectivity index (χ1) is 13.0. The van der Waals surface area contributed by atoms with E-state index in [9.17, 15) is 14.9 Å². The Hall–Kier alpha value is -4.22. The minimum atomic E-state index is -0.711. The van der Waals surface area contributed by atoms with Crippen LogP contribution in [0.25, 0.3) is 11.3 Å². The Bertz CT molecular complexity index is 1020. The maximum absolute atomic E-state index is 11.8. The fraction of sp³-hybridized carbons (Fsp3) is 0.0667. The van der Waals surface area contributed by atoms with Crippen LogP contribution in [0.4, 0.5) is 11.5 Å². The van der Waals surface area contributed by atoms with Crippen LogP contribution in [0.5, 0.6) is 5.75 Å². The largest absolute Gasteiger partial charge is 0.496 e. The van der Waals surface area contributed by atoms with Gasteiger partial charge >= 0.3 is 0 Å². The molecule has 0 aliphatic heterocycles. The molecule has 2 aromatic heterocycles. The van der Waals surface area contributed by atoms with Crippen molar-refractivity contribution in [3.05, 3.63) is 51.9 Å². The zero-order valence-corrected chi connectivity index (χ0v) is 13.8. The molecule has 12 nitrogen and oxygen atoms in total. The predicted molar refractivity (Wildman–Crippen MR) is 91.1 cm³/mol. The Balaban J connectivity index is 1.77. The van der Waals surface area contributed by atoms with Crippen LogP contribution in [0.15, 0.2) is 44.5 Å². The van der Waals surface area contributed by atoms with Crippen molar-refractivity contribution < 1.29 is 23.5 Å². The standard InChI is InChI=1S/C15H12N6O6/c1-25-11-4-2-8(21(23)24)6-10(11)12-5-3-9(26-12)7-17-18-15(22)13-14(16)20-27-19-13/h2-7H,1H3,(H2,16,20)(H,18,22)/b17-7+. The summed E-state index contributed by atoms with van der Waals surface area (Å²) in [4.78, 5) is 22.2. The third-order valence-corrected chi connectivity index (χ3v) is 3.37. The van der Waals surface area contributed by atoms with E-state index >= 15 is 0 Å². The first-order valence-electron chi connectivity index (χ1n) is 7.33. The number of nitrogens with one attached hydrogen (secondary N) is 1. The van der Waals surface area contributed by atoms with E-state index in [1.807, 2.05) is 0 Å². The first kappa shape index (κ1) is 17.6. The van der Waals surface area contributed by atoms with Gasteiger partial charge in [0.25, 0.3) is 11.6 Å². The number of anilines is 1. The second-order valence-electron chi connectivity index (χ2n) is 5.04. The van der Waals surface area contributed by atoms with Gasteiger partial charge in [0.05, 0.1) is 23.8 Å². The zero-order chi connectivity index (χ0) is 19.4. The van der Waals surface area contributed by atoms with Crippen LogP contribution < -0.4 is 15.9 Å². The van der Waals surface area contributed by atoms with E-state index in [4.69, 9.17) is 14.9 Å². The number of hydrogen-bond donors (Lipinski definition) is 2. The van der Waals surface area contributed by atoms with E-state index < -0.39 is 10.8 Å². The number of hydrazone groups is 1. The molecule has 0 fully saturated rings. The molecule has 0 aliphatic rings. The molecular weight excluding hydrogens is 360 g/mol. The van der Waals surface area contributed by atoms with Gasteiger partial charge in [-0.2, -0.15) is 5.10 Å². The van der Waals surface area contributed by atoms with E-state index in [2.05, 4.69) is 25.5 Å². The quantitative estimate of drug-likeness (QED) is 0.370. The molecular formula is C15H12N6O6. The van der Waals surface area contributed by atoms with Gasteiger partial charge in [-0.25, -0.2) is 10.1 Å². The fourth-order valence-corrected chi connectivity index (χ4v) is 2.13. The normalized spacial score (nSPS) is 10.9. The third kappa shape index (κ3) is 3.73. The van der Waals surface area contributed by atoms with E-state index in [1.165, 1.54) is 31.5 Å². The van der Waals surface area contributed by atoms with E-state index in [-0.39, 0.29) is 23.0 Å². The Labute approximate surface area is 150 Å². The molecule has 1 aromatic carbocycles. The number of nitro groups is 1. The lowest BCUT2D eigenvalue weighted by Gasteiger charge is -2.05. The number of rotatable bonds is 6. The molecule has 0 aliphatic carbocycles. The maximum atomic E-state index is 11.8. The monoisotopic (exact) mass is 372 g/mol. The van der Waals surface area contributed by atoms with Crippen molar-refractivity contribution >= 4 is 23.6 Å². The van der Waals surface area contributed by atoms with E-state index in [0.717, 1.165) is 0 Å². The minimum Gasteiger partial charge on any atom is -0.496 e. The summed E-state index contributed by atoms with van der Waals surface area (Å²) in [7, 11) is 1.44. The summed E-state index contributed by atoms with van der Waals surface area (Å²) in [6.45, 7) is 0. The van der Waals surface area contributed by atoms with Crippen molar-refractivity contribution in [3.63, 3.8) is 0 Å². The van der Waals surface area contributed by atoms with Gasteiger partial charge in [-0.1, -0.05) is 0 Å². The van der Waals surface area contributed by atoms with Gasteiger partial charge in [0, 0.05) is 12.1 Å². The Morgan fingerprint density at radius 1 is 1.37 bits per heavy atom. The number of carbonyl (C=O) groups is 1. The fourth-order valence-electron chi connectivity index (χ4n) is 2.13. The number of non-ortho nitro benzene ring substituents is 1. The molecule has 12 heteroatoms. The van der Waals surface area contributed by atoms with Crippen LogP contribution in [0.3, 0.4) is 0 Å². The number of aromatic nitrogens is 2. The molecule has 0 unspecified atom stereocenters. The number of nitrogens with two attached hydrogens (primary N) is 1. The van der Waals surface area contributed by atoms with Crippen molar-refractivity contribution in [2.45, 2.75) is 0 Å². The summed E-state index contributed by atoms with van der Waals surface area (Å²) in [6, 6.07) is 7.29. The summed E-state index contributed by atoms with van der Waals surface area (Å²) in [5.74, 6) is 0.136. The molecule has 0 bridgehead atoms. The van der Waals surface area contributed by atoms with Crippen LogP contribution >= 0.6 is 0 Å². The summed E-state index contributed by atoms with van der Waals surface area (Å²) in [5, 5.41) is 21.3. The summed E-state index contributed by atoms with van der Waals surface area (Å²) >= 11 is 0. The number of benzene rings is 1. The maximum Gasteiger partial charge on any atom is 0.297 e. The van der Waals surface area contributed by atoms with Gasteiger partial charge in [-0.3, -0.25) is 14.9 Å². The number of nitrogens with zero attached hydrogens (tertiary/aromatic N) is 4. The van der Waals surface area contributed by atoms with Gasteiger partial charge < -0.3 is 14.9 Å². The minimum absolute atomic E-state index is 0.108. The lowest BCUT2D eigenvalue weighted by Crippen LogP contribution is -2.19. The summed E-state index contributed by atoms with van der Waals surface area (Å²) in [5.41, 5.74) is 7.67. The number of carbonyl (C=O) groups excluding carboxylic acids is 1. The number of methoxy groups -OCH3 is 1. The van der Waals surface area contributed by atoms with Crippen LogP contribution in [0.2, 0.25) is 0 Å². The Morgan fingerprint density at radius 3 is 2.85 bits per heavy atom. The second kappa shape index (κ2) is 7.35. The van der Waals surface area contributed by atoms with E-state index in [0.29, 0.717) is 17.1 Å². The Morgan fingerprint density at radius 2 is 2.19 bits per heavy atom. The smallest absolute Gasteiger partial charge is 0.297 e. The molecule has 1 amide bonds. The van der Waals surface area contributed by atoms with Crippen LogP contribution in [-0.2, 0) is 0 Å². The van der Waals surface area contributed by atoms with Gasteiger partial charge in [0.2, 0.25) is 11.5 Å². The number of furan rings is 1. The van der Waals surface area contributed by atoms with Gasteiger partial charge in [0.15, 0.2) is 0 Å². The van der Waals surface area contributed by atoms with Crippen LogP contribution in [-0.4, -0.2) is 34.5 Å². The number of hydrogen-bond acceptors (Lipinski definition) is 10. The van der Waals surface area contributed by atoms with Crippen molar-refractivity contribution in [3.8, 4) is 17.1 Å². The van der Waals surface area contributed by atoms with E-state index in [1.54, 1.807) is 12.1 Å². The average Bonchev–Trinajstić information content (AvgIpc) is 3.30. The topological polar surface area (TPSA) is 172 Å². The first-order valence-corrected chi connectivity index (χ1v) is 7.33. The third-order valence-electron chi connectivity index (χ3n) is 3.37. The highest BCUT2D eigenvalue weighted by Crippen LogP contribution is 2.34. The van der Waals surface area contributed by atoms with Gasteiger partial charge in [-0.05, 0) is 28.5 Å². The highest BCUT2D eigenvalue weighted by atomic mass is 16.6. The van der Waals surface area contributed by atoms with Crippen molar-refractivity contribution in [1.29, 1.82) is 0 Å². The molecule has 2 heterocycles. The zero-order valence-electron chi connectivity index (χ0n) is 13.8. The molecule has 3 N–H and O–H groups in total. The van der Waals surface area contributed by atoms with Crippen molar-refractivity contribution in [2.75, 3.05) is 12.8 Å². The predicted octanol–water partition coefficient (Wildman–Crippen LogP) is 1.59. The second-order valence-corrected chi connectivity index (χ2v) is 5.04. The molecule has 0 saturated heterocycles. The summed E-state index contributed by atoms with van der Waals surface area (Å²) < 4.78 is 15.1. The molecule has 3 rings (SSSR count). The molecule has 0 spiro atoms. The van der Waals surface area contributed by atoms with Crippen LogP contribution in [0, 0.1) is 10.1 Å². The lowest BCUT2D eigenvalue weighted by molar-refractivity contribution is -0.384. The van der Waals surface area contributed by atoms with Crippen molar-refractivity contribution in [1.82, 2.24) is 15.7 Å². The number of amides is 1. The molecule has 27 heavy (non-hydrogen) atoms. The molecule has 0 radical (unpaired) electrons. The molecule has 138 valence electrons. The highest BCUT2D eigenvalue weighted by molar-refractivity contribution is 5.96. The number of nitrogen functional groups attached to an aromatic ring is 1. The molecule has 3 aromatic rings. The number of nitro benzene ring substituents is 1. The van der Waals surface area contributed by atoms with Gasteiger partial charge in [-0.15, -0.1) is 0 Å². The SMILES string of the molecule is COc1ccc([N+](=O)[O-])cc1-c1ccc(/C=N/NC(=O)c2nonc2N)o1. The van der Waals surface area contributed by atoms with Crippen molar-refractivity contribution in [2.24, 2.45) is 5.10 Å². The lowest BCUT2D eigenvalue weighted by atomic mass is 10.1. The van der Waals surface area contributed by atoms with Crippen LogP contribution in [0.1, 0.15) is 16.2 Å². The Kier molecular flexibility index (Phi) is 4.79. The summed E-state index contributed by atoms with van der Waals surface area (Å²) in [6.07, 6.45) is 1.23.